The third kappa shape index (κ3) is 3.38. The summed E-state index contributed by atoms with van der Waals surface area (Å²) in [5.74, 6) is -1.11. The molecule has 0 unspecified atom stereocenters. The predicted molar refractivity (Wildman–Crippen MR) is 68.4 cm³/mol. The van der Waals surface area contributed by atoms with Crippen molar-refractivity contribution in [1.29, 1.82) is 0 Å². The minimum absolute atomic E-state index is 0.0225. The molecule has 1 rings (SSSR count). The first-order valence-electron chi connectivity index (χ1n) is 5.44. The predicted octanol–water partition coefficient (Wildman–Crippen LogP) is 2.02. The van der Waals surface area contributed by atoms with Gasteiger partial charge in [-0.1, -0.05) is 0 Å². The Morgan fingerprint density at radius 1 is 1.39 bits per heavy atom. The summed E-state index contributed by atoms with van der Waals surface area (Å²) in [5.41, 5.74) is 0.975. The van der Waals surface area contributed by atoms with Gasteiger partial charge in [0, 0.05) is 19.8 Å². The molecule has 0 heterocycles. The maximum absolute atomic E-state index is 11.3. The lowest BCUT2D eigenvalue weighted by molar-refractivity contribution is 0.0698. The van der Waals surface area contributed by atoms with Gasteiger partial charge in [-0.15, -0.1) is 0 Å². The smallest absolute Gasteiger partial charge is 0.411 e. The van der Waals surface area contributed by atoms with Crippen molar-refractivity contribution < 1.29 is 19.4 Å². The fraction of sp³-hybridized carbons (Fsp3) is 0.333. The van der Waals surface area contributed by atoms with Gasteiger partial charge in [0.15, 0.2) is 0 Å². The minimum atomic E-state index is -1.11. The number of ether oxygens (including phenoxy) is 1. The fourth-order valence-electron chi connectivity index (χ4n) is 1.37. The van der Waals surface area contributed by atoms with Gasteiger partial charge >= 0.3 is 12.1 Å². The molecule has 0 bridgehead atoms. The molecule has 0 atom stereocenters. The Morgan fingerprint density at radius 2 is 2.06 bits per heavy atom. The van der Waals surface area contributed by atoms with Gasteiger partial charge in [-0.3, -0.25) is 5.32 Å². The molecule has 0 radical (unpaired) electrons. The van der Waals surface area contributed by atoms with E-state index in [9.17, 15) is 9.59 Å². The SMILES string of the molecule is CCOC(=O)Nc1ccc(N(C)C)cc1C(=O)O. The van der Waals surface area contributed by atoms with Gasteiger partial charge in [0.05, 0.1) is 17.9 Å². The largest absolute Gasteiger partial charge is 0.478 e. The van der Waals surface area contributed by atoms with E-state index in [4.69, 9.17) is 9.84 Å². The molecule has 98 valence electrons. The van der Waals surface area contributed by atoms with Crippen molar-refractivity contribution in [3.63, 3.8) is 0 Å². The van der Waals surface area contributed by atoms with E-state index in [1.54, 1.807) is 32.0 Å². The molecule has 0 saturated carbocycles. The van der Waals surface area contributed by atoms with Crippen molar-refractivity contribution >= 4 is 23.4 Å². The highest BCUT2D eigenvalue weighted by molar-refractivity contribution is 5.99. The molecule has 18 heavy (non-hydrogen) atoms. The second-order valence-corrected chi connectivity index (χ2v) is 3.77. The number of carboxylic acids is 1. The number of anilines is 2. The van der Waals surface area contributed by atoms with E-state index in [0.717, 1.165) is 5.69 Å². The quantitative estimate of drug-likeness (QED) is 0.857. The highest BCUT2D eigenvalue weighted by atomic mass is 16.5. The van der Waals surface area contributed by atoms with Gasteiger partial charge in [-0.05, 0) is 25.1 Å². The van der Waals surface area contributed by atoms with Crippen LogP contribution in [0, 0.1) is 0 Å². The zero-order valence-electron chi connectivity index (χ0n) is 10.6. The van der Waals surface area contributed by atoms with Gasteiger partial charge in [0.2, 0.25) is 0 Å². The zero-order chi connectivity index (χ0) is 13.7. The standard InChI is InChI=1S/C12H16N2O4/c1-4-18-12(17)13-10-6-5-8(14(2)3)7-9(10)11(15)16/h5-7H,4H2,1-3H3,(H,13,17)(H,15,16). The number of carboxylic acid groups (broad SMARTS) is 1. The summed E-state index contributed by atoms with van der Waals surface area (Å²) in [6, 6.07) is 4.74. The van der Waals surface area contributed by atoms with Gasteiger partial charge in [-0.2, -0.15) is 0 Å². The summed E-state index contributed by atoms with van der Waals surface area (Å²) in [7, 11) is 3.61. The molecule has 1 aromatic carbocycles. The molecule has 2 N–H and O–H groups in total. The lowest BCUT2D eigenvalue weighted by Crippen LogP contribution is -2.17. The number of nitrogens with zero attached hydrogens (tertiary/aromatic N) is 1. The third-order valence-electron chi connectivity index (χ3n) is 2.26. The average molecular weight is 252 g/mol. The first-order chi connectivity index (χ1) is 8.45. The summed E-state index contributed by atoms with van der Waals surface area (Å²) >= 11 is 0. The third-order valence-corrected chi connectivity index (χ3v) is 2.26. The van der Waals surface area contributed by atoms with Crippen molar-refractivity contribution in [1.82, 2.24) is 0 Å². The lowest BCUT2D eigenvalue weighted by Gasteiger charge is -2.15. The second-order valence-electron chi connectivity index (χ2n) is 3.77. The fourth-order valence-corrected chi connectivity index (χ4v) is 1.37. The molecule has 0 fully saturated rings. The Labute approximate surface area is 105 Å². The molecular weight excluding hydrogens is 236 g/mol. The van der Waals surface area contributed by atoms with Crippen LogP contribution in [0.25, 0.3) is 0 Å². The summed E-state index contributed by atoms with van der Waals surface area (Å²) in [4.78, 5) is 24.2. The van der Waals surface area contributed by atoms with Crippen LogP contribution in [0.4, 0.5) is 16.2 Å². The average Bonchev–Trinajstić information content (AvgIpc) is 2.29. The number of carbonyl (C=O) groups excluding carboxylic acids is 1. The van der Waals surface area contributed by atoms with E-state index >= 15 is 0 Å². The minimum Gasteiger partial charge on any atom is -0.478 e. The van der Waals surface area contributed by atoms with Crippen LogP contribution in [0.1, 0.15) is 17.3 Å². The molecule has 0 aliphatic carbocycles. The Hall–Kier alpha value is -2.24. The first kappa shape index (κ1) is 13.8. The van der Waals surface area contributed by atoms with E-state index in [0.29, 0.717) is 0 Å². The maximum Gasteiger partial charge on any atom is 0.411 e. The van der Waals surface area contributed by atoms with Crippen LogP contribution in [-0.2, 0) is 4.74 Å². The lowest BCUT2D eigenvalue weighted by atomic mass is 10.1. The number of benzene rings is 1. The van der Waals surface area contributed by atoms with Crippen LogP contribution in [0.15, 0.2) is 18.2 Å². The van der Waals surface area contributed by atoms with Crippen LogP contribution >= 0.6 is 0 Å². The molecule has 0 aliphatic rings. The normalized spacial score (nSPS) is 9.72. The Balaban J connectivity index is 3.04. The highest BCUT2D eigenvalue weighted by Gasteiger charge is 2.14. The van der Waals surface area contributed by atoms with Crippen LogP contribution < -0.4 is 10.2 Å². The van der Waals surface area contributed by atoms with Crippen molar-refractivity contribution in [2.45, 2.75) is 6.92 Å². The summed E-state index contributed by atoms with van der Waals surface area (Å²) < 4.78 is 4.70. The molecule has 0 spiro atoms. The number of hydrogen-bond acceptors (Lipinski definition) is 4. The van der Waals surface area contributed by atoms with Crippen molar-refractivity contribution in [2.24, 2.45) is 0 Å². The van der Waals surface area contributed by atoms with Gasteiger partial charge in [0.1, 0.15) is 0 Å². The number of nitrogens with one attached hydrogen (secondary N) is 1. The van der Waals surface area contributed by atoms with Crippen LogP contribution in [-0.4, -0.2) is 37.9 Å². The number of aromatic carboxylic acids is 1. The number of carbonyl (C=O) groups is 2. The monoisotopic (exact) mass is 252 g/mol. The van der Waals surface area contributed by atoms with Crippen molar-refractivity contribution in [3.8, 4) is 0 Å². The Bertz CT molecular complexity index is 457. The number of hydrogen-bond donors (Lipinski definition) is 2. The van der Waals surface area contributed by atoms with E-state index in [2.05, 4.69) is 5.32 Å². The molecule has 0 aromatic heterocycles. The Kier molecular flexibility index (Phi) is 4.53. The molecular formula is C12H16N2O4. The number of rotatable bonds is 4. The summed E-state index contributed by atoms with van der Waals surface area (Å²) in [5, 5.41) is 11.5. The molecule has 6 nitrogen and oxygen atoms in total. The van der Waals surface area contributed by atoms with Gasteiger partial charge in [0.25, 0.3) is 0 Å². The molecule has 1 amide bonds. The van der Waals surface area contributed by atoms with Crippen molar-refractivity contribution in [3.05, 3.63) is 23.8 Å². The molecule has 0 saturated heterocycles. The summed E-state index contributed by atoms with van der Waals surface area (Å²) in [6.07, 6.45) is -0.669. The second kappa shape index (κ2) is 5.90. The topological polar surface area (TPSA) is 78.9 Å². The first-order valence-corrected chi connectivity index (χ1v) is 5.44. The van der Waals surface area contributed by atoms with E-state index < -0.39 is 12.1 Å². The van der Waals surface area contributed by atoms with Crippen LogP contribution in [0.5, 0.6) is 0 Å². The molecule has 6 heteroatoms. The molecule has 1 aromatic rings. The summed E-state index contributed by atoms with van der Waals surface area (Å²) in [6.45, 7) is 1.90. The zero-order valence-corrected chi connectivity index (χ0v) is 10.6. The van der Waals surface area contributed by atoms with Gasteiger partial charge < -0.3 is 14.7 Å². The molecule has 0 aliphatic heterocycles. The highest BCUT2D eigenvalue weighted by Crippen LogP contribution is 2.22. The van der Waals surface area contributed by atoms with E-state index in [1.165, 1.54) is 12.1 Å². The van der Waals surface area contributed by atoms with Crippen LogP contribution in [0.2, 0.25) is 0 Å². The van der Waals surface area contributed by atoms with Crippen molar-refractivity contribution in [2.75, 3.05) is 30.9 Å². The van der Waals surface area contributed by atoms with Crippen LogP contribution in [0.3, 0.4) is 0 Å². The van der Waals surface area contributed by atoms with E-state index in [1.807, 2.05) is 0 Å². The van der Waals surface area contributed by atoms with E-state index in [-0.39, 0.29) is 17.9 Å². The van der Waals surface area contributed by atoms with Gasteiger partial charge in [-0.25, -0.2) is 9.59 Å². The number of amides is 1. The maximum atomic E-state index is 11.3. The Morgan fingerprint density at radius 3 is 2.56 bits per heavy atom.